The summed E-state index contributed by atoms with van der Waals surface area (Å²) in [5.41, 5.74) is 15.1. The Morgan fingerprint density at radius 3 is 1.75 bits per heavy atom. The number of hydrogen-bond donors (Lipinski definition) is 0. The van der Waals surface area contributed by atoms with E-state index in [4.69, 9.17) is 0 Å². The number of aromatic nitrogens is 1. The largest absolute Gasteiger partial charge is 0.309 e. The van der Waals surface area contributed by atoms with Gasteiger partial charge in [0.05, 0.1) is 22.4 Å². The number of aryl methyl sites for hydroxylation is 4. The maximum absolute atomic E-state index is 2.50. The summed E-state index contributed by atoms with van der Waals surface area (Å²) in [5.74, 6) is 0. The molecule has 0 unspecified atom stereocenters. The van der Waals surface area contributed by atoms with E-state index in [0.717, 1.165) is 0 Å². The predicted octanol–water partition coefficient (Wildman–Crippen LogP) is 15.0. The van der Waals surface area contributed by atoms with Crippen molar-refractivity contribution < 1.29 is 0 Å². The zero-order chi connectivity index (χ0) is 36.3. The summed E-state index contributed by atoms with van der Waals surface area (Å²) in [6.45, 7) is 16.8. The minimum atomic E-state index is 1.21. The molecule has 8 aromatic carbocycles. The minimum absolute atomic E-state index is 1.21. The zero-order valence-corrected chi connectivity index (χ0v) is 31.6. The van der Waals surface area contributed by atoms with E-state index in [1.54, 1.807) is 0 Å². The Morgan fingerprint density at radius 2 is 1.06 bits per heavy atom. The first kappa shape index (κ1) is 33.3. The number of hydrogen-bond acceptors (Lipinski definition) is 1. The van der Waals surface area contributed by atoms with Gasteiger partial charge in [0.1, 0.15) is 0 Å². The number of fused-ring (bicyclic) bond motifs is 6. The van der Waals surface area contributed by atoms with E-state index >= 15 is 0 Å². The van der Waals surface area contributed by atoms with E-state index in [-0.39, 0.29) is 0 Å². The first-order chi connectivity index (χ1) is 25.4. The molecule has 0 bridgehead atoms. The van der Waals surface area contributed by atoms with Gasteiger partial charge in [-0.3, -0.25) is 0 Å². The van der Waals surface area contributed by atoms with E-state index in [1.807, 2.05) is 39.8 Å². The van der Waals surface area contributed by atoms with Crippen LogP contribution in [0.5, 0.6) is 0 Å². The lowest BCUT2D eigenvalue weighted by molar-refractivity contribution is 1.16. The second-order valence-corrected chi connectivity index (χ2v) is 14.0. The summed E-state index contributed by atoms with van der Waals surface area (Å²) in [6.07, 6.45) is 4.00. The molecule has 0 spiro atoms. The molecule has 9 aromatic rings. The lowest BCUT2D eigenvalue weighted by Crippen LogP contribution is -2.15. The van der Waals surface area contributed by atoms with Gasteiger partial charge in [-0.25, -0.2) is 0 Å². The highest BCUT2D eigenvalue weighted by atomic mass is 15.2. The summed E-state index contributed by atoms with van der Waals surface area (Å²) in [6, 6.07) is 45.9. The fourth-order valence-electron chi connectivity index (χ4n) is 8.55. The fourth-order valence-corrected chi connectivity index (χ4v) is 8.55. The van der Waals surface area contributed by atoms with Crippen molar-refractivity contribution in [3.63, 3.8) is 0 Å². The zero-order valence-electron chi connectivity index (χ0n) is 31.6. The lowest BCUT2D eigenvalue weighted by Gasteiger charge is -2.34. The van der Waals surface area contributed by atoms with Crippen LogP contribution in [0.1, 0.15) is 49.9 Å². The number of benzene rings is 8. The SMILES string of the molecule is C/C=C\C.CC.Cc1cc(C)cc(N2c3ccccc3-c3cc4cc5c6ccccc6n(-c6cc(C)cc(C)c6)c5c5ccc6ccc2c3c6c45)c1. The average molecular weight is 675 g/mol. The van der Waals surface area contributed by atoms with E-state index in [2.05, 4.69) is 158 Å². The number of nitrogens with zero attached hydrogens (tertiary/aromatic N) is 2. The Bertz CT molecular complexity index is 2780. The number of para-hydroxylation sites is 2. The fraction of sp³-hybridized carbons (Fsp3) is 0.160. The van der Waals surface area contributed by atoms with Crippen molar-refractivity contribution in [3.8, 4) is 16.8 Å². The second kappa shape index (κ2) is 13.0. The molecule has 2 heterocycles. The van der Waals surface area contributed by atoms with Crippen molar-refractivity contribution in [2.75, 3.05) is 4.90 Å². The molecule has 2 nitrogen and oxygen atoms in total. The van der Waals surface area contributed by atoms with Crippen molar-refractivity contribution in [1.82, 2.24) is 4.57 Å². The third-order valence-corrected chi connectivity index (χ3v) is 10.4. The van der Waals surface area contributed by atoms with Crippen molar-refractivity contribution in [2.45, 2.75) is 55.4 Å². The minimum Gasteiger partial charge on any atom is -0.309 e. The van der Waals surface area contributed by atoms with Crippen LogP contribution < -0.4 is 4.90 Å². The molecule has 0 radical (unpaired) electrons. The molecule has 1 aliphatic heterocycles. The monoisotopic (exact) mass is 674 g/mol. The normalized spacial score (nSPS) is 12.1. The topological polar surface area (TPSA) is 8.17 Å². The number of rotatable bonds is 2. The standard InChI is InChI=1S/C44H32N2.C4H8.C2H6/c1-25-17-26(2)20-31(19-25)45-38-11-7-5-9-33(38)36-23-30-24-37-34-10-6-8-12-39(34)46(32-21-27(3)18-28(4)22-32)44(37)35-15-13-29-14-16-40(45)43(36)42(29)41(30)35;1-3-4-2;1-2/h5-24H,1-4H3;3-4H,1-2H3;1-2H3/b;4-3-;. The average Bonchev–Trinajstić information content (AvgIpc) is 3.49. The quantitative estimate of drug-likeness (QED) is 0.131. The smallest absolute Gasteiger partial charge is 0.0620 e. The van der Waals surface area contributed by atoms with E-state index in [9.17, 15) is 0 Å². The van der Waals surface area contributed by atoms with Crippen molar-refractivity contribution >= 4 is 71.2 Å². The molecule has 2 heteroatoms. The summed E-state index contributed by atoms with van der Waals surface area (Å²) in [5, 5.41) is 10.5. The number of allylic oxidation sites excluding steroid dienone is 2. The Labute approximate surface area is 307 Å². The van der Waals surface area contributed by atoms with Gasteiger partial charge in [0.15, 0.2) is 0 Å². The van der Waals surface area contributed by atoms with Gasteiger partial charge >= 0.3 is 0 Å². The van der Waals surface area contributed by atoms with Crippen LogP contribution >= 0.6 is 0 Å². The first-order valence-corrected chi connectivity index (χ1v) is 18.7. The van der Waals surface area contributed by atoms with Crippen LogP contribution in [0.25, 0.3) is 70.9 Å². The summed E-state index contributed by atoms with van der Waals surface area (Å²) < 4.78 is 2.50. The van der Waals surface area contributed by atoms with Crippen molar-refractivity contribution in [2.24, 2.45) is 0 Å². The molecule has 0 saturated heterocycles. The molecule has 0 amide bonds. The van der Waals surface area contributed by atoms with Crippen LogP contribution in [0.2, 0.25) is 0 Å². The molecular formula is C50H46N2. The molecule has 0 aliphatic carbocycles. The molecule has 0 saturated carbocycles. The summed E-state index contributed by atoms with van der Waals surface area (Å²) >= 11 is 0. The van der Waals surface area contributed by atoms with Gasteiger partial charge in [0, 0.05) is 43.9 Å². The van der Waals surface area contributed by atoms with Gasteiger partial charge in [-0.05, 0) is 140 Å². The van der Waals surface area contributed by atoms with Crippen LogP contribution in [0.15, 0.2) is 133 Å². The Kier molecular flexibility index (Phi) is 8.35. The van der Waals surface area contributed by atoms with Crippen LogP contribution in [0, 0.1) is 27.7 Å². The van der Waals surface area contributed by atoms with E-state index in [0.29, 0.717) is 0 Å². The highest BCUT2D eigenvalue weighted by Gasteiger charge is 2.29. The molecule has 0 N–H and O–H groups in total. The van der Waals surface area contributed by atoms with Gasteiger partial charge < -0.3 is 9.47 Å². The van der Waals surface area contributed by atoms with Crippen LogP contribution in [-0.4, -0.2) is 4.57 Å². The Hall–Kier alpha value is -5.86. The van der Waals surface area contributed by atoms with Crippen LogP contribution in [0.4, 0.5) is 17.1 Å². The molecule has 10 rings (SSSR count). The van der Waals surface area contributed by atoms with Gasteiger partial charge in [0.2, 0.25) is 0 Å². The predicted molar refractivity (Wildman–Crippen MR) is 229 cm³/mol. The molecule has 1 aromatic heterocycles. The summed E-state index contributed by atoms with van der Waals surface area (Å²) in [4.78, 5) is 2.48. The van der Waals surface area contributed by atoms with Gasteiger partial charge in [0.25, 0.3) is 0 Å². The molecule has 0 fully saturated rings. The highest BCUT2D eigenvalue weighted by Crippen LogP contribution is 2.55. The highest BCUT2D eigenvalue weighted by molar-refractivity contribution is 6.36. The van der Waals surface area contributed by atoms with E-state index < -0.39 is 0 Å². The first-order valence-electron chi connectivity index (χ1n) is 18.7. The molecular weight excluding hydrogens is 629 g/mol. The number of anilines is 3. The Balaban J connectivity index is 0.000000606. The molecule has 256 valence electrons. The maximum atomic E-state index is 2.50. The maximum Gasteiger partial charge on any atom is 0.0620 e. The van der Waals surface area contributed by atoms with Crippen molar-refractivity contribution in [3.05, 3.63) is 156 Å². The van der Waals surface area contributed by atoms with E-state index in [1.165, 1.54) is 110 Å². The van der Waals surface area contributed by atoms with Gasteiger partial charge in [-0.2, -0.15) is 0 Å². The van der Waals surface area contributed by atoms with Gasteiger partial charge in [-0.1, -0.05) is 92.7 Å². The Morgan fingerprint density at radius 1 is 0.442 bits per heavy atom. The molecule has 52 heavy (non-hydrogen) atoms. The van der Waals surface area contributed by atoms with Gasteiger partial charge in [-0.15, -0.1) is 0 Å². The van der Waals surface area contributed by atoms with Crippen LogP contribution in [0.3, 0.4) is 0 Å². The lowest BCUT2D eigenvalue weighted by atomic mass is 9.84. The summed E-state index contributed by atoms with van der Waals surface area (Å²) in [7, 11) is 0. The second-order valence-electron chi connectivity index (χ2n) is 14.0. The third kappa shape index (κ3) is 5.08. The van der Waals surface area contributed by atoms with Crippen LogP contribution in [-0.2, 0) is 0 Å². The van der Waals surface area contributed by atoms with Crippen molar-refractivity contribution in [1.29, 1.82) is 0 Å². The molecule has 0 atom stereocenters. The molecule has 1 aliphatic rings. The third-order valence-electron chi connectivity index (χ3n) is 10.4.